The summed E-state index contributed by atoms with van der Waals surface area (Å²) in [7, 11) is 0. The second-order valence-electron chi connectivity index (χ2n) is 5.23. The van der Waals surface area contributed by atoms with Gasteiger partial charge < -0.3 is 0 Å². The van der Waals surface area contributed by atoms with Crippen LogP contribution in [0.15, 0.2) is 11.1 Å². The first-order valence-electron chi connectivity index (χ1n) is 6.91. The van der Waals surface area contributed by atoms with E-state index in [0.29, 0.717) is 5.78 Å². The van der Waals surface area contributed by atoms with Crippen LogP contribution < -0.4 is 0 Å². The van der Waals surface area contributed by atoms with Gasteiger partial charge in [0.15, 0.2) is 5.78 Å². The Kier molecular flexibility index (Phi) is 6.44. The van der Waals surface area contributed by atoms with Crippen molar-refractivity contribution in [2.75, 3.05) is 0 Å². The minimum atomic E-state index is 0.417. The fourth-order valence-electron chi connectivity index (χ4n) is 2.47. The Bertz CT molecular complexity index is 246. The molecule has 1 fully saturated rings. The highest BCUT2D eigenvalue weighted by atomic mass is 16.1. The SMILES string of the molecule is CC(C)=C1CCCCCCCCCCC1=O. The van der Waals surface area contributed by atoms with Crippen molar-refractivity contribution in [2.24, 2.45) is 0 Å². The lowest BCUT2D eigenvalue weighted by atomic mass is 9.94. The summed E-state index contributed by atoms with van der Waals surface area (Å²) in [5.74, 6) is 0.417. The summed E-state index contributed by atoms with van der Waals surface area (Å²) in [6.07, 6.45) is 12.0. The lowest BCUT2D eigenvalue weighted by Crippen LogP contribution is -2.05. The molecule has 0 spiro atoms. The van der Waals surface area contributed by atoms with E-state index >= 15 is 0 Å². The van der Waals surface area contributed by atoms with Crippen LogP contribution in [0.5, 0.6) is 0 Å². The van der Waals surface area contributed by atoms with Crippen LogP contribution in [0.3, 0.4) is 0 Å². The van der Waals surface area contributed by atoms with Crippen LogP contribution in [0.4, 0.5) is 0 Å². The first kappa shape index (κ1) is 13.5. The fraction of sp³-hybridized carbons (Fsp3) is 0.800. The Morgan fingerprint density at radius 1 is 0.750 bits per heavy atom. The minimum absolute atomic E-state index is 0.417. The van der Waals surface area contributed by atoms with Gasteiger partial charge in [0.2, 0.25) is 0 Å². The lowest BCUT2D eigenvalue weighted by molar-refractivity contribution is -0.115. The van der Waals surface area contributed by atoms with Crippen LogP contribution in [0.2, 0.25) is 0 Å². The quantitative estimate of drug-likeness (QED) is 0.538. The van der Waals surface area contributed by atoms with Crippen molar-refractivity contribution < 1.29 is 4.79 Å². The van der Waals surface area contributed by atoms with Gasteiger partial charge in [-0.2, -0.15) is 0 Å². The van der Waals surface area contributed by atoms with E-state index in [4.69, 9.17) is 0 Å². The van der Waals surface area contributed by atoms with Gasteiger partial charge in [-0.25, -0.2) is 0 Å². The second kappa shape index (κ2) is 7.65. The number of allylic oxidation sites excluding steroid dienone is 2. The molecule has 0 unspecified atom stereocenters. The van der Waals surface area contributed by atoms with E-state index in [0.717, 1.165) is 24.8 Å². The van der Waals surface area contributed by atoms with Crippen LogP contribution in [0.25, 0.3) is 0 Å². The second-order valence-corrected chi connectivity index (χ2v) is 5.23. The van der Waals surface area contributed by atoms with Gasteiger partial charge >= 0.3 is 0 Å². The van der Waals surface area contributed by atoms with E-state index in [-0.39, 0.29) is 0 Å². The smallest absolute Gasteiger partial charge is 0.158 e. The third kappa shape index (κ3) is 4.96. The van der Waals surface area contributed by atoms with Crippen molar-refractivity contribution >= 4 is 5.78 Å². The Labute approximate surface area is 100 Å². The van der Waals surface area contributed by atoms with Crippen LogP contribution in [0.1, 0.15) is 78.1 Å². The molecule has 1 aliphatic carbocycles. The molecule has 0 bridgehead atoms. The monoisotopic (exact) mass is 222 g/mol. The summed E-state index contributed by atoms with van der Waals surface area (Å²) < 4.78 is 0. The maximum Gasteiger partial charge on any atom is 0.158 e. The maximum atomic E-state index is 12.0. The number of rotatable bonds is 0. The standard InChI is InChI=1S/C15H26O/c1-13(2)14-11-9-7-5-3-4-6-8-10-12-15(14)16/h3-12H2,1-2H3. The molecular weight excluding hydrogens is 196 g/mol. The predicted octanol–water partition coefficient (Wildman–Crippen LogP) is 4.81. The van der Waals surface area contributed by atoms with Gasteiger partial charge in [0, 0.05) is 6.42 Å². The molecule has 0 aromatic carbocycles. The zero-order chi connectivity index (χ0) is 11.8. The van der Waals surface area contributed by atoms with Crippen molar-refractivity contribution in [3.05, 3.63) is 11.1 Å². The lowest BCUT2D eigenvalue weighted by Gasteiger charge is -2.11. The minimum Gasteiger partial charge on any atom is -0.295 e. The molecule has 16 heavy (non-hydrogen) atoms. The number of carbonyl (C=O) groups excluding carboxylic acids is 1. The van der Waals surface area contributed by atoms with Crippen LogP contribution in [-0.4, -0.2) is 5.78 Å². The molecule has 1 nitrogen and oxygen atoms in total. The molecule has 1 rings (SSSR count). The van der Waals surface area contributed by atoms with Crippen LogP contribution in [-0.2, 0) is 4.79 Å². The molecule has 0 atom stereocenters. The number of hydrogen-bond donors (Lipinski definition) is 0. The zero-order valence-electron chi connectivity index (χ0n) is 11.0. The van der Waals surface area contributed by atoms with Gasteiger partial charge in [-0.15, -0.1) is 0 Å². The van der Waals surface area contributed by atoms with Crippen LogP contribution >= 0.6 is 0 Å². The number of hydrogen-bond acceptors (Lipinski definition) is 1. The molecule has 0 aromatic rings. The number of ketones is 1. The molecule has 0 aromatic heterocycles. The molecule has 0 N–H and O–H groups in total. The van der Waals surface area contributed by atoms with Gasteiger partial charge in [0.1, 0.15) is 0 Å². The molecular formula is C15H26O. The van der Waals surface area contributed by atoms with E-state index in [9.17, 15) is 4.79 Å². The molecule has 1 saturated carbocycles. The highest BCUT2D eigenvalue weighted by Crippen LogP contribution is 2.20. The van der Waals surface area contributed by atoms with E-state index in [1.165, 1.54) is 50.5 Å². The average molecular weight is 222 g/mol. The Hall–Kier alpha value is -0.590. The van der Waals surface area contributed by atoms with Gasteiger partial charge in [-0.1, -0.05) is 44.1 Å². The average Bonchev–Trinajstić information content (AvgIpc) is 2.22. The fourth-order valence-corrected chi connectivity index (χ4v) is 2.47. The first-order chi connectivity index (χ1) is 7.72. The summed E-state index contributed by atoms with van der Waals surface area (Å²) in [5, 5.41) is 0. The summed E-state index contributed by atoms with van der Waals surface area (Å²) in [5.41, 5.74) is 2.36. The maximum absolute atomic E-state index is 12.0. The summed E-state index contributed by atoms with van der Waals surface area (Å²) in [6.45, 7) is 4.16. The van der Waals surface area contributed by atoms with Crippen molar-refractivity contribution in [3.63, 3.8) is 0 Å². The summed E-state index contributed by atoms with van der Waals surface area (Å²) in [4.78, 5) is 12.0. The normalized spacial score (nSPS) is 21.1. The Balaban J connectivity index is 2.54. The highest BCUT2D eigenvalue weighted by Gasteiger charge is 2.11. The number of carbonyl (C=O) groups is 1. The van der Waals surface area contributed by atoms with Crippen molar-refractivity contribution in [3.8, 4) is 0 Å². The molecule has 0 radical (unpaired) electrons. The van der Waals surface area contributed by atoms with Crippen molar-refractivity contribution in [2.45, 2.75) is 78.1 Å². The molecule has 0 saturated heterocycles. The first-order valence-corrected chi connectivity index (χ1v) is 6.91. The predicted molar refractivity (Wildman–Crippen MR) is 69.6 cm³/mol. The summed E-state index contributed by atoms with van der Waals surface area (Å²) >= 11 is 0. The Morgan fingerprint density at radius 2 is 1.19 bits per heavy atom. The van der Waals surface area contributed by atoms with E-state index in [2.05, 4.69) is 13.8 Å². The number of Topliss-reactive ketones (excluding diaryl/α,β-unsaturated/α-hetero) is 1. The molecule has 0 heterocycles. The summed E-state index contributed by atoms with van der Waals surface area (Å²) in [6, 6.07) is 0. The van der Waals surface area contributed by atoms with Gasteiger partial charge in [-0.3, -0.25) is 4.79 Å². The third-order valence-corrected chi connectivity index (χ3v) is 3.52. The molecule has 1 heteroatoms. The zero-order valence-corrected chi connectivity index (χ0v) is 11.0. The van der Waals surface area contributed by atoms with E-state index < -0.39 is 0 Å². The van der Waals surface area contributed by atoms with Crippen molar-refractivity contribution in [1.82, 2.24) is 0 Å². The van der Waals surface area contributed by atoms with E-state index in [1.807, 2.05) is 0 Å². The van der Waals surface area contributed by atoms with Gasteiger partial charge in [0.25, 0.3) is 0 Å². The van der Waals surface area contributed by atoms with Gasteiger partial charge in [-0.05, 0) is 38.7 Å². The largest absolute Gasteiger partial charge is 0.295 e. The van der Waals surface area contributed by atoms with Crippen molar-refractivity contribution in [1.29, 1.82) is 0 Å². The third-order valence-electron chi connectivity index (χ3n) is 3.52. The van der Waals surface area contributed by atoms with E-state index in [1.54, 1.807) is 0 Å². The highest BCUT2D eigenvalue weighted by molar-refractivity contribution is 5.95. The molecule has 0 amide bonds. The van der Waals surface area contributed by atoms with Gasteiger partial charge in [0.05, 0.1) is 0 Å². The molecule has 92 valence electrons. The molecule has 1 aliphatic rings. The molecule has 0 aliphatic heterocycles. The van der Waals surface area contributed by atoms with Crippen LogP contribution in [0, 0.1) is 0 Å². The Morgan fingerprint density at radius 3 is 1.69 bits per heavy atom. The topological polar surface area (TPSA) is 17.1 Å².